The van der Waals surface area contributed by atoms with Gasteiger partial charge < -0.3 is 14.5 Å². The fraction of sp³-hybridized carbons (Fsp3) is 0.286. The molecule has 0 bridgehead atoms. The highest BCUT2D eigenvalue weighted by Gasteiger charge is 2.16. The Balaban J connectivity index is 1.56. The van der Waals surface area contributed by atoms with E-state index in [1.807, 2.05) is 65.6 Å². The number of carbonyl (C=O) groups is 1. The van der Waals surface area contributed by atoms with Crippen molar-refractivity contribution in [1.29, 1.82) is 0 Å². The van der Waals surface area contributed by atoms with Gasteiger partial charge in [0.25, 0.3) is 0 Å². The summed E-state index contributed by atoms with van der Waals surface area (Å²) in [7, 11) is 2.08. The number of amides is 1. The van der Waals surface area contributed by atoms with Crippen molar-refractivity contribution in [2.45, 2.75) is 6.61 Å². The molecule has 1 aliphatic heterocycles. The largest absolute Gasteiger partial charge is 0.489 e. The summed E-state index contributed by atoms with van der Waals surface area (Å²) >= 11 is 0. The zero-order valence-electron chi connectivity index (χ0n) is 14.6. The number of hydrogen-bond acceptors (Lipinski definition) is 3. The summed E-state index contributed by atoms with van der Waals surface area (Å²) in [4.78, 5) is 16.4. The first-order valence-electron chi connectivity index (χ1n) is 8.63. The van der Waals surface area contributed by atoms with Crippen molar-refractivity contribution in [1.82, 2.24) is 9.80 Å². The minimum absolute atomic E-state index is 0.0729. The van der Waals surface area contributed by atoms with Gasteiger partial charge in [0, 0.05) is 32.3 Å². The van der Waals surface area contributed by atoms with Gasteiger partial charge in [-0.15, -0.1) is 0 Å². The molecule has 0 radical (unpaired) electrons. The Bertz CT molecular complexity index is 720. The lowest BCUT2D eigenvalue weighted by Gasteiger charge is -2.31. The first-order chi connectivity index (χ1) is 12.2. The summed E-state index contributed by atoms with van der Waals surface area (Å²) < 4.78 is 5.83. The minimum atomic E-state index is 0.0729. The Morgan fingerprint density at radius 1 is 1.04 bits per heavy atom. The van der Waals surface area contributed by atoms with E-state index in [0.29, 0.717) is 6.61 Å². The molecule has 3 rings (SSSR count). The maximum atomic E-state index is 12.3. The Kier molecular flexibility index (Phi) is 5.86. The maximum absolute atomic E-state index is 12.3. The summed E-state index contributed by atoms with van der Waals surface area (Å²) in [6, 6.07) is 17.9. The smallest absolute Gasteiger partial charge is 0.246 e. The highest BCUT2D eigenvalue weighted by molar-refractivity contribution is 5.91. The Morgan fingerprint density at radius 2 is 1.80 bits per heavy atom. The molecular weight excluding hydrogens is 312 g/mol. The van der Waals surface area contributed by atoms with Gasteiger partial charge in [-0.2, -0.15) is 0 Å². The monoisotopic (exact) mass is 336 g/mol. The molecule has 130 valence electrons. The van der Waals surface area contributed by atoms with Gasteiger partial charge in [-0.3, -0.25) is 4.79 Å². The lowest BCUT2D eigenvalue weighted by Crippen LogP contribution is -2.46. The van der Waals surface area contributed by atoms with Gasteiger partial charge in [-0.1, -0.05) is 42.5 Å². The van der Waals surface area contributed by atoms with Crippen LogP contribution < -0.4 is 4.74 Å². The van der Waals surface area contributed by atoms with Crippen LogP contribution in [0.1, 0.15) is 11.1 Å². The number of carbonyl (C=O) groups excluding carboxylic acids is 1. The van der Waals surface area contributed by atoms with Crippen LogP contribution in [0.3, 0.4) is 0 Å². The molecule has 25 heavy (non-hydrogen) atoms. The second-order valence-electron chi connectivity index (χ2n) is 6.31. The van der Waals surface area contributed by atoms with Crippen molar-refractivity contribution >= 4 is 12.0 Å². The molecule has 0 atom stereocenters. The maximum Gasteiger partial charge on any atom is 0.246 e. The molecule has 2 aromatic carbocycles. The second-order valence-corrected chi connectivity index (χ2v) is 6.31. The van der Waals surface area contributed by atoms with Crippen LogP contribution in [0.5, 0.6) is 5.75 Å². The predicted molar refractivity (Wildman–Crippen MR) is 100 cm³/mol. The predicted octanol–water partition coefficient (Wildman–Crippen LogP) is 3.05. The van der Waals surface area contributed by atoms with Crippen molar-refractivity contribution in [3.8, 4) is 5.75 Å². The normalized spacial score (nSPS) is 15.5. The van der Waals surface area contributed by atoms with E-state index in [-0.39, 0.29) is 5.91 Å². The topological polar surface area (TPSA) is 32.8 Å². The van der Waals surface area contributed by atoms with Gasteiger partial charge in [0.2, 0.25) is 5.91 Å². The summed E-state index contributed by atoms with van der Waals surface area (Å²) in [5, 5.41) is 0. The molecule has 0 spiro atoms. The summed E-state index contributed by atoms with van der Waals surface area (Å²) in [5.74, 6) is 0.877. The van der Waals surface area contributed by atoms with Crippen LogP contribution in [0.4, 0.5) is 0 Å². The van der Waals surface area contributed by atoms with E-state index in [2.05, 4.69) is 11.9 Å². The summed E-state index contributed by atoms with van der Waals surface area (Å²) in [5.41, 5.74) is 2.10. The van der Waals surface area contributed by atoms with E-state index in [4.69, 9.17) is 4.74 Å². The third-order valence-electron chi connectivity index (χ3n) is 4.34. The fourth-order valence-electron chi connectivity index (χ4n) is 2.75. The van der Waals surface area contributed by atoms with Crippen LogP contribution in [0.2, 0.25) is 0 Å². The van der Waals surface area contributed by atoms with Crippen LogP contribution in [0.15, 0.2) is 60.7 Å². The number of likely N-dealkylation sites (N-methyl/N-ethyl adjacent to an activating group) is 1. The van der Waals surface area contributed by atoms with Crippen molar-refractivity contribution in [3.63, 3.8) is 0 Å². The van der Waals surface area contributed by atoms with E-state index in [1.54, 1.807) is 6.08 Å². The van der Waals surface area contributed by atoms with Crippen molar-refractivity contribution in [2.75, 3.05) is 33.2 Å². The van der Waals surface area contributed by atoms with Crippen LogP contribution in [-0.4, -0.2) is 48.9 Å². The molecule has 2 aromatic rings. The van der Waals surface area contributed by atoms with E-state index >= 15 is 0 Å². The number of nitrogens with zero attached hydrogens (tertiary/aromatic N) is 2. The van der Waals surface area contributed by atoms with Crippen molar-refractivity contribution < 1.29 is 9.53 Å². The summed E-state index contributed by atoms with van der Waals surface area (Å²) in [6.45, 7) is 3.98. The molecule has 1 aliphatic rings. The molecule has 4 nitrogen and oxygen atoms in total. The van der Waals surface area contributed by atoms with Gasteiger partial charge in [-0.25, -0.2) is 0 Å². The molecule has 1 fully saturated rings. The lowest BCUT2D eigenvalue weighted by atomic mass is 10.2. The molecule has 4 heteroatoms. The van der Waals surface area contributed by atoms with Gasteiger partial charge >= 0.3 is 0 Å². The zero-order chi connectivity index (χ0) is 17.5. The van der Waals surface area contributed by atoms with Crippen LogP contribution >= 0.6 is 0 Å². The molecule has 0 N–H and O–H groups in total. The Hall–Kier alpha value is -2.59. The van der Waals surface area contributed by atoms with Crippen molar-refractivity contribution in [3.05, 3.63) is 71.8 Å². The first-order valence-corrected chi connectivity index (χ1v) is 8.63. The van der Waals surface area contributed by atoms with Gasteiger partial charge in [0.1, 0.15) is 12.4 Å². The van der Waals surface area contributed by atoms with Gasteiger partial charge in [0.05, 0.1) is 0 Å². The zero-order valence-corrected chi connectivity index (χ0v) is 14.6. The Labute approximate surface area is 149 Å². The first kappa shape index (κ1) is 17.2. The highest BCUT2D eigenvalue weighted by Crippen LogP contribution is 2.16. The highest BCUT2D eigenvalue weighted by atomic mass is 16.5. The standard InChI is InChI=1S/C21H24N2O2/c1-22-12-14-23(15-13-22)21(24)11-10-18-8-5-9-20(16-18)25-17-19-6-3-2-4-7-19/h2-11,16H,12-15,17H2,1H3. The Morgan fingerprint density at radius 3 is 2.56 bits per heavy atom. The van der Waals surface area contributed by atoms with E-state index < -0.39 is 0 Å². The van der Waals surface area contributed by atoms with E-state index in [1.165, 1.54) is 0 Å². The van der Waals surface area contributed by atoms with E-state index in [9.17, 15) is 4.79 Å². The molecule has 0 unspecified atom stereocenters. The number of benzene rings is 2. The quantitative estimate of drug-likeness (QED) is 0.787. The van der Waals surface area contributed by atoms with E-state index in [0.717, 1.165) is 43.1 Å². The third kappa shape index (κ3) is 5.19. The molecule has 1 heterocycles. The number of ether oxygens (including phenoxy) is 1. The van der Waals surface area contributed by atoms with Crippen LogP contribution in [-0.2, 0) is 11.4 Å². The molecule has 0 saturated carbocycles. The number of rotatable bonds is 5. The third-order valence-corrected chi connectivity index (χ3v) is 4.34. The van der Waals surface area contributed by atoms with Crippen LogP contribution in [0.25, 0.3) is 6.08 Å². The summed E-state index contributed by atoms with van der Waals surface area (Å²) in [6.07, 6.45) is 3.51. The number of piperazine rings is 1. The molecule has 0 aromatic heterocycles. The van der Waals surface area contributed by atoms with Gasteiger partial charge in [-0.05, 0) is 36.4 Å². The van der Waals surface area contributed by atoms with Crippen LogP contribution in [0, 0.1) is 0 Å². The SMILES string of the molecule is CN1CCN(C(=O)C=Cc2cccc(OCc3ccccc3)c2)CC1. The lowest BCUT2D eigenvalue weighted by molar-refractivity contribution is -0.127. The average Bonchev–Trinajstić information content (AvgIpc) is 2.66. The van der Waals surface area contributed by atoms with Gasteiger partial charge in [0.15, 0.2) is 0 Å². The number of hydrogen-bond donors (Lipinski definition) is 0. The minimum Gasteiger partial charge on any atom is -0.489 e. The average molecular weight is 336 g/mol. The van der Waals surface area contributed by atoms with Crippen molar-refractivity contribution in [2.24, 2.45) is 0 Å². The molecular formula is C21H24N2O2. The molecule has 1 amide bonds. The second kappa shape index (κ2) is 8.49. The fourth-order valence-corrected chi connectivity index (χ4v) is 2.75. The molecule has 1 saturated heterocycles. The molecule has 0 aliphatic carbocycles.